The van der Waals surface area contributed by atoms with Gasteiger partial charge in [0.05, 0.1) is 22.4 Å². The lowest BCUT2D eigenvalue weighted by atomic mass is 9.90. The molecule has 0 saturated carbocycles. The fourth-order valence-electron chi connectivity index (χ4n) is 1.45. The number of rotatable bonds is 5. The average molecular weight is 366 g/mol. The number of amides is 1. The Kier molecular flexibility index (Phi) is 6.31. The lowest BCUT2D eigenvalue weighted by Crippen LogP contribution is -2.49. The summed E-state index contributed by atoms with van der Waals surface area (Å²) in [5, 5.41) is 11.7. The Morgan fingerprint density at radius 2 is 2.13 bits per heavy atom. The van der Waals surface area contributed by atoms with Gasteiger partial charge in [0, 0.05) is 6.20 Å². The van der Waals surface area contributed by atoms with Gasteiger partial charge in [0.25, 0.3) is 0 Å². The van der Waals surface area contributed by atoms with E-state index in [1.54, 1.807) is 20.8 Å². The highest BCUT2D eigenvalue weighted by atomic mass is 35.5. The zero-order valence-electron chi connectivity index (χ0n) is 12.7. The Hall–Kier alpha value is -1.46. The van der Waals surface area contributed by atoms with E-state index < -0.39 is 23.2 Å². The minimum Gasteiger partial charge on any atom is -0.337 e. The van der Waals surface area contributed by atoms with E-state index in [1.807, 2.05) is 6.07 Å². The van der Waals surface area contributed by atoms with Crippen molar-refractivity contribution >= 4 is 29.3 Å². The van der Waals surface area contributed by atoms with Gasteiger partial charge in [-0.25, -0.2) is 4.98 Å². The van der Waals surface area contributed by atoms with Gasteiger partial charge >= 0.3 is 6.18 Å². The first-order valence-electron chi connectivity index (χ1n) is 6.57. The van der Waals surface area contributed by atoms with Crippen molar-refractivity contribution in [1.82, 2.24) is 10.3 Å². The number of halogens is 4. The molecule has 4 nitrogen and oxygen atoms in total. The molecule has 1 heterocycles. The zero-order valence-corrected chi connectivity index (χ0v) is 14.2. The summed E-state index contributed by atoms with van der Waals surface area (Å²) in [6.07, 6.45) is -3.86. The topological polar surface area (TPSA) is 65.8 Å². The number of hydrogen-bond acceptors (Lipinski definition) is 4. The molecule has 1 aromatic heterocycles. The number of carbonyl (C=O) groups is 1. The van der Waals surface area contributed by atoms with E-state index in [9.17, 15) is 18.0 Å². The monoisotopic (exact) mass is 365 g/mol. The maximum absolute atomic E-state index is 12.5. The molecule has 126 valence electrons. The van der Waals surface area contributed by atoms with E-state index in [0.29, 0.717) is 6.20 Å². The number of carbonyl (C=O) groups excluding carboxylic acids is 1. The molecule has 0 aromatic carbocycles. The summed E-state index contributed by atoms with van der Waals surface area (Å²) >= 11 is 6.67. The van der Waals surface area contributed by atoms with Gasteiger partial charge in [0.15, 0.2) is 0 Å². The molecule has 1 rings (SSSR count). The molecule has 0 unspecified atom stereocenters. The first-order chi connectivity index (χ1) is 10.5. The van der Waals surface area contributed by atoms with Crippen LogP contribution in [0.5, 0.6) is 0 Å². The zero-order chi connectivity index (χ0) is 17.8. The van der Waals surface area contributed by atoms with Crippen LogP contribution >= 0.6 is 23.4 Å². The molecule has 1 N–H and O–H groups in total. The Balaban J connectivity index is 2.73. The molecule has 1 aromatic rings. The summed E-state index contributed by atoms with van der Waals surface area (Å²) in [7, 11) is 0. The highest BCUT2D eigenvalue weighted by molar-refractivity contribution is 8.00. The largest absolute Gasteiger partial charge is 0.417 e. The molecule has 0 aliphatic carbocycles. The fraction of sp³-hybridized carbons (Fsp3) is 0.500. The van der Waals surface area contributed by atoms with Crippen molar-refractivity contribution in [3.05, 3.63) is 22.8 Å². The SMILES string of the molecule is CC(C)[C@](C)(C#N)NC(=O)CSc1ncc(C(F)(F)F)cc1Cl. The fourth-order valence-corrected chi connectivity index (χ4v) is 2.44. The summed E-state index contributed by atoms with van der Waals surface area (Å²) in [6.45, 7) is 5.19. The maximum Gasteiger partial charge on any atom is 0.417 e. The van der Waals surface area contributed by atoms with Crippen LogP contribution in [0.1, 0.15) is 26.3 Å². The molecule has 0 aliphatic rings. The van der Waals surface area contributed by atoms with Gasteiger partial charge in [-0.3, -0.25) is 4.79 Å². The molecule has 1 atom stereocenters. The van der Waals surface area contributed by atoms with Crippen molar-refractivity contribution in [2.75, 3.05) is 5.75 Å². The molecule has 0 bridgehead atoms. The van der Waals surface area contributed by atoms with Gasteiger partial charge in [0.2, 0.25) is 5.91 Å². The highest BCUT2D eigenvalue weighted by Gasteiger charge is 2.32. The Morgan fingerprint density at radius 3 is 2.57 bits per heavy atom. The van der Waals surface area contributed by atoms with Crippen LogP contribution in [0.2, 0.25) is 5.02 Å². The summed E-state index contributed by atoms with van der Waals surface area (Å²) in [4.78, 5) is 15.5. The lowest BCUT2D eigenvalue weighted by Gasteiger charge is -2.27. The number of nitrogens with one attached hydrogen (secondary N) is 1. The van der Waals surface area contributed by atoms with Crippen molar-refractivity contribution < 1.29 is 18.0 Å². The van der Waals surface area contributed by atoms with Crippen LogP contribution in [0.25, 0.3) is 0 Å². The van der Waals surface area contributed by atoms with Crippen molar-refractivity contribution in [2.24, 2.45) is 5.92 Å². The molecule has 0 fully saturated rings. The van der Waals surface area contributed by atoms with Crippen LogP contribution in [-0.4, -0.2) is 22.2 Å². The summed E-state index contributed by atoms with van der Waals surface area (Å²) in [5.74, 6) is -0.637. The van der Waals surface area contributed by atoms with Crippen molar-refractivity contribution in [1.29, 1.82) is 5.26 Å². The van der Waals surface area contributed by atoms with Gasteiger partial charge in [-0.15, -0.1) is 0 Å². The summed E-state index contributed by atoms with van der Waals surface area (Å²) < 4.78 is 37.5. The standard InChI is InChI=1S/C14H15ClF3N3OS/c1-8(2)13(3,7-19)21-11(22)6-23-12-10(15)4-9(5-20-12)14(16,17)18/h4-5,8H,6H2,1-3H3,(H,21,22)/t13-/m0/s1. The van der Waals surface area contributed by atoms with E-state index >= 15 is 0 Å². The number of nitriles is 1. The van der Waals surface area contributed by atoms with Crippen molar-refractivity contribution in [3.63, 3.8) is 0 Å². The van der Waals surface area contributed by atoms with E-state index in [4.69, 9.17) is 16.9 Å². The van der Waals surface area contributed by atoms with Gasteiger partial charge in [-0.2, -0.15) is 18.4 Å². The predicted octanol–water partition coefficient (Wildman–Crippen LogP) is 3.90. The Bertz CT molecular complexity index is 631. The second-order valence-electron chi connectivity index (χ2n) is 5.31. The van der Waals surface area contributed by atoms with E-state index in [0.717, 1.165) is 17.8 Å². The second kappa shape index (κ2) is 7.41. The molecule has 1 amide bonds. The number of pyridine rings is 1. The van der Waals surface area contributed by atoms with Crippen LogP contribution in [0.3, 0.4) is 0 Å². The molecule has 0 saturated heterocycles. The predicted molar refractivity (Wildman–Crippen MR) is 82.0 cm³/mol. The number of nitrogens with zero attached hydrogens (tertiary/aromatic N) is 2. The van der Waals surface area contributed by atoms with Crippen LogP contribution in [0, 0.1) is 17.2 Å². The average Bonchev–Trinajstić information content (AvgIpc) is 2.44. The molecule has 23 heavy (non-hydrogen) atoms. The minimum absolute atomic E-state index is 0.103. The van der Waals surface area contributed by atoms with Crippen LogP contribution in [-0.2, 0) is 11.0 Å². The van der Waals surface area contributed by atoms with Gasteiger partial charge in [-0.1, -0.05) is 37.2 Å². The molecule has 9 heteroatoms. The van der Waals surface area contributed by atoms with Crippen LogP contribution < -0.4 is 5.32 Å². The summed E-state index contributed by atoms with van der Waals surface area (Å²) in [6, 6.07) is 2.80. The molecule has 0 aliphatic heterocycles. The summed E-state index contributed by atoms with van der Waals surface area (Å²) in [5.41, 5.74) is -1.97. The van der Waals surface area contributed by atoms with Crippen molar-refractivity contribution in [3.8, 4) is 6.07 Å². The second-order valence-corrected chi connectivity index (χ2v) is 6.69. The third kappa shape index (κ3) is 5.29. The normalized spacial score (nSPS) is 14.2. The Labute approximate surface area is 141 Å². The third-order valence-corrected chi connectivity index (χ3v) is 4.67. The first-order valence-corrected chi connectivity index (χ1v) is 7.93. The number of aromatic nitrogens is 1. The van der Waals surface area contributed by atoms with Gasteiger partial charge < -0.3 is 5.32 Å². The Morgan fingerprint density at radius 1 is 1.52 bits per heavy atom. The first kappa shape index (κ1) is 19.6. The smallest absolute Gasteiger partial charge is 0.337 e. The number of hydrogen-bond donors (Lipinski definition) is 1. The molecular formula is C14H15ClF3N3OS. The highest BCUT2D eigenvalue weighted by Crippen LogP contribution is 2.33. The third-order valence-electron chi connectivity index (χ3n) is 3.26. The lowest BCUT2D eigenvalue weighted by molar-refractivity contribution is -0.137. The van der Waals surface area contributed by atoms with Crippen LogP contribution in [0.15, 0.2) is 17.3 Å². The number of alkyl halides is 3. The van der Waals surface area contributed by atoms with Crippen LogP contribution in [0.4, 0.5) is 13.2 Å². The van der Waals surface area contributed by atoms with Gasteiger partial charge in [0.1, 0.15) is 10.6 Å². The molecule has 0 spiro atoms. The number of thioether (sulfide) groups is 1. The molecule has 0 radical (unpaired) electrons. The molecular weight excluding hydrogens is 351 g/mol. The quantitative estimate of drug-likeness (QED) is 0.804. The van der Waals surface area contributed by atoms with E-state index in [1.165, 1.54) is 0 Å². The minimum atomic E-state index is -4.52. The maximum atomic E-state index is 12.5. The van der Waals surface area contributed by atoms with E-state index in [-0.39, 0.29) is 21.7 Å². The van der Waals surface area contributed by atoms with E-state index in [2.05, 4.69) is 10.3 Å². The van der Waals surface area contributed by atoms with Gasteiger partial charge in [-0.05, 0) is 18.9 Å². The van der Waals surface area contributed by atoms with Crippen molar-refractivity contribution in [2.45, 2.75) is 37.5 Å².